The van der Waals surface area contributed by atoms with Crippen LogP contribution in [-0.2, 0) is 20.8 Å². The van der Waals surface area contributed by atoms with Crippen LogP contribution in [0.15, 0.2) is 24.3 Å². The van der Waals surface area contributed by atoms with Crippen molar-refractivity contribution >= 4 is 17.8 Å². The van der Waals surface area contributed by atoms with Crippen molar-refractivity contribution in [3.05, 3.63) is 35.4 Å². The predicted molar refractivity (Wildman–Crippen MR) is 75.8 cm³/mol. The summed E-state index contributed by atoms with van der Waals surface area (Å²) < 4.78 is 0. The lowest BCUT2D eigenvalue weighted by atomic mass is 9.82. The summed E-state index contributed by atoms with van der Waals surface area (Å²) in [5.74, 6) is -2.04. The Morgan fingerprint density at radius 1 is 1.14 bits per heavy atom. The summed E-state index contributed by atoms with van der Waals surface area (Å²) in [6, 6.07) is 7.83. The van der Waals surface area contributed by atoms with E-state index in [1.165, 1.54) is 5.56 Å². The Morgan fingerprint density at radius 3 is 2.67 bits per heavy atom. The molecule has 1 aromatic carbocycles. The number of carboxylic acid groups (broad SMARTS) is 1. The van der Waals surface area contributed by atoms with Crippen LogP contribution >= 0.6 is 0 Å². The molecular weight excluding hydrogens is 272 g/mol. The molecule has 2 rings (SSSR count). The third kappa shape index (κ3) is 4.05. The van der Waals surface area contributed by atoms with Crippen LogP contribution in [0.4, 0.5) is 0 Å². The number of rotatable bonds is 5. The largest absolute Gasteiger partial charge is 0.480 e. The molecule has 0 bridgehead atoms. The molecule has 112 valence electrons. The molecule has 6 nitrogen and oxygen atoms in total. The third-order valence-corrected chi connectivity index (χ3v) is 3.55. The van der Waals surface area contributed by atoms with Crippen molar-refractivity contribution < 1.29 is 19.5 Å². The number of fused-ring (bicyclic) bond motifs is 1. The monoisotopic (exact) mass is 290 g/mol. The van der Waals surface area contributed by atoms with Crippen LogP contribution < -0.4 is 10.6 Å². The van der Waals surface area contributed by atoms with Crippen molar-refractivity contribution in [3.63, 3.8) is 0 Å². The highest BCUT2D eigenvalue weighted by molar-refractivity contribution is 5.89. The molecule has 0 saturated heterocycles. The number of hydrogen-bond donors (Lipinski definition) is 3. The normalized spacial score (nSPS) is 16.7. The average molecular weight is 290 g/mol. The van der Waals surface area contributed by atoms with E-state index in [1.54, 1.807) is 0 Å². The maximum absolute atomic E-state index is 12.2. The average Bonchev–Trinajstić information content (AvgIpc) is 2.50. The van der Waals surface area contributed by atoms with Crippen LogP contribution in [0.5, 0.6) is 0 Å². The molecule has 0 spiro atoms. The Balaban J connectivity index is 1.90. The molecule has 21 heavy (non-hydrogen) atoms. The standard InChI is InChI=1S/C15H18N2O4/c18-13(16-9-14(19)20)8-17-15(21)12-7-3-5-10-4-1-2-6-11(10)12/h1-2,4,6,12H,3,5,7-9H2,(H,16,18)(H,17,21)(H,19,20). The molecule has 0 aliphatic heterocycles. The van der Waals surface area contributed by atoms with E-state index in [2.05, 4.69) is 10.6 Å². The van der Waals surface area contributed by atoms with Gasteiger partial charge in [-0.2, -0.15) is 0 Å². The highest BCUT2D eigenvalue weighted by atomic mass is 16.4. The molecule has 0 fully saturated rings. The van der Waals surface area contributed by atoms with Crippen molar-refractivity contribution in [2.24, 2.45) is 0 Å². The first-order valence-corrected chi connectivity index (χ1v) is 6.92. The number of carbonyl (C=O) groups excluding carboxylic acids is 2. The van der Waals surface area contributed by atoms with Gasteiger partial charge in [0.15, 0.2) is 0 Å². The molecule has 2 amide bonds. The van der Waals surface area contributed by atoms with Crippen LogP contribution in [0.1, 0.15) is 29.9 Å². The molecule has 1 aliphatic rings. The van der Waals surface area contributed by atoms with Gasteiger partial charge in [0.2, 0.25) is 11.8 Å². The van der Waals surface area contributed by atoms with Crippen molar-refractivity contribution in [1.82, 2.24) is 10.6 Å². The van der Waals surface area contributed by atoms with E-state index in [0.717, 1.165) is 24.8 Å². The van der Waals surface area contributed by atoms with E-state index in [-0.39, 0.29) is 18.4 Å². The first-order chi connectivity index (χ1) is 10.1. The summed E-state index contributed by atoms with van der Waals surface area (Å²) in [4.78, 5) is 33.9. The summed E-state index contributed by atoms with van der Waals surface area (Å²) >= 11 is 0. The second kappa shape index (κ2) is 6.88. The topological polar surface area (TPSA) is 95.5 Å². The van der Waals surface area contributed by atoms with Gasteiger partial charge in [0.05, 0.1) is 12.5 Å². The maximum Gasteiger partial charge on any atom is 0.322 e. The van der Waals surface area contributed by atoms with Crippen LogP contribution in [0.25, 0.3) is 0 Å². The number of carbonyl (C=O) groups is 3. The molecule has 6 heteroatoms. The molecule has 0 heterocycles. The summed E-state index contributed by atoms with van der Waals surface area (Å²) in [5, 5.41) is 13.2. The van der Waals surface area contributed by atoms with Gasteiger partial charge < -0.3 is 15.7 Å². The molecule has 1 aliphatic carbocycles. The molecule has 0 aromatic heterocycles. The number of amides is 2. The number of benzene rings is 1. The second-order valence-electron chi connectivity index (χ2n) is 5.03. The minimum atomic E-state index is -1.11. The lowest BCUT2D eigenvalue weighted by molar-refractivity contribution is -0.137. The molecule has 0 radical (unpaired) electrons. The fourth-order valence-electron chi connectivity index (χ4n) is 2.55. The summed E-state index contributed by atoms with van der Waals surface area (Å²) in [7, 11) is 0. The maximum atomic E-state index is 12.2. The number of nitrogens with one attached hydrogen (secondary N) is 2. The van der Waals surface area contributed by atoms with Crippen LogP contribution in [0.2, 0.25) is 0 Å². The zero-order chi connectivity index (χ0) is 15.2. The lowest BCUT2D eigenvalue weighted by Gasteiger charge is -2.24. The van der Waals surface area contributed by atoms with Gasteiger partial charge in [-0.15, -0.1) is 0 Å². The fraction of sp³-hybridized carbons (Fsp3) is 0.400. The van der Waals surface area contributed by atoms with Gasteiger partial charge in [-0.25, -0.2) is 0 Å². The predicted octanol–water partition coefficient (Wildman–Crippen LogP) is 0.423. The Hall–Kier alpha value is -2.37. The second-order valence-corrected chi connectivity index (χ2v) is 5.03. The van der Waals surface area contributed by atoms with E-state index in [9.17, 15) is 14.4 Å². The number of aryl methyl sites for hydroxylation is 1. The van der Waals surface area contributed by atoms with Gasteiger partial charge in [0.1, 0.15) is 6.54 Å². The zero-order valence-electron chi connectivity index (χ0n) is 11.6. The summed E-state index contributed by atoms with van der Waals surface area (Å²) in [6.45, 7) is -0.647. The van der Waals surface area contributed by atoms with Gasteiger partial charge >= 0.3 is 5.97 Å². The Bertz CT molecular complexity index is 556. The summed E-state index contributed by atoms with van der Waals surface area (Å²) in [6.07, 6.45) is 2.68. The fourth-order valence-corrected chi connectivity index (χ4v) is 2.55. The van der Waals surface area contributed by atoms with Crippen molar-refractivity contribution in [3.8, 4) is 0 Å². The molecule has 3 N–H and O–H groups in total. The number of carboxylic acids is 1. The number of hydrogen-bond acceptors (Lipinski definition) is 3. The van der Waals surface area contributed by atoms with E-state index in [4.69, 9.17) is 5.11 Å². The molecule has 1 atom stereocenters. The van der Waals surface area contributed by atoms with Gasteiger partial charge in [0.25, 0.3) is 0 Å². The minimum absolute atomic E-state index is 0.187. The summed E-state index contributed by atoms with van der Waals surface area (Å²) in [5.41, 5.74) is 2.20. The van der Waals surface area contributed by atoms with Crippen LogP contribution in [0, 0.1) is 0 Å². The Kier molecular flexibility index (Phi) is 4.92. The van der Waals surface area contributed by atoms with E-state index >= 15 is 0 Å². The van der Waals surface area contributed by atoms with E-state index in [0.29, 0.717) is 0 Å². The smallest absolute Gasteiger partial charge is 0.322 e. The van der Waals surface area contributed by atoms with Gasteiger partial charge in [-0.1, -0.05) is 24.3 Å². The SMILES string of the molecule is O=C(O)CNC(=O)CNC(=O)C1CCCc2ccccc21. The van der Waals surface area contributed by atoms with Gasteiger partial charge in [-0.3, -0.25) is 14.4 Å². The van der Waals surface area contributed by atoms with Crippen LogP contribution in [0.3, 0.4) is 0 Å². The zero-order valence-corrected chi connectivity index (χ0v) is 11.6. The highest BCUT2D eigenvalue weighted by Gasteiger charge is 2.26. The Labute approximate surface area is 122 Å². The van der Waals surface area contributed by atoms with Crippen molar-refractivity contribution in [2.45, 2.75) is 25.2 Å². The first-order valence-electron chi connectivity index (χ1n) is 6.92. The van der Waals surface area contributed by atoms with Crippen molar-refractivity contribution in [2.75, 3.05) is 13.1 Å². The highest BCUT2D eigenvalue weighted by Crippen LogP contribution is 2.31. The molecular formula is C15H18N2O4. The van der Waals surface area contributed by atoms with E-state index < -0.39 is 18.4 Å². The van der Waals surface area contributed by atoms with Gasteiger partial charge in [0, 0.05) is 0 Å². The lowest BCUT2D eigenvalue weighted by Crippen LogP contribution is -2.41. The quantitative estimate of drug-likeness (QED) is 0.732. The first kappa shape index (κ1) is 15.0. The van der Waals surface area contributed by atoms with Crippen LogP contribution in [-0.4, -0.2) is 36.0 Å². The third-order valence-electron chi connectivity index (χ3n) is 3.55. The molecule has 1 unspecified atom stereocenters. The molecule has 1 aromatic rings. The molecule has 0 saturated carbocycles. The van der Waals surface area contributed by atoms with E-state index in [1.807, 2.05) is 24.3 Å². The number of aliphatic carboxylic acids is 1. The van der Waals surface area contributed by atoms with Gasteiger partial charge in [-0.05, 0) is 30.4 Å². The minimum Gasteiger partial charge on any atom is -0.480 e. The van der Waals surface area contributed by atoms with Crippen molar-refractivity contribution in [1.29, 1.82) is 0 Å². The Morgan fingerprint density at radius 2 is 1.90 bits per heavy atom.